The molecule has 0 saturated carbocycles. The van der Waals surface area contributed by atoms with Gasteiger partial charge >= 0.3 is 0 Å². The second-order valence-corrected chi connectivity index (χ2v) is 6.82. The highest BCUT2D eigenvalue weighted by molar-refractivity contribution is 7.99. The fourth-order valence-corrected chi connectivity index (χ4v) is 3.28. The van der Waals surface area contributed by atoms with Crippen molar-refractivity contribution in [2.45, 2.75) is 12.1 Å². The van der Waals surface area contributed by atoms with E-state index in [2.05, 4.69) is 20.6 Å². The zero-order chi connectivity index (χ0) is 20.8. The topological polar surface area (TPSA) is 119 Å². The van der Waals surface area contributed by atoms with E-state index < -0.39 is 10.8 Å². The number of nitro groups is 1. The Hall–Kier alpha value is -3.40. The third kappa shape index (κ3) is 4.91. The van der Waals surface area contributed by atoms with Crippen LogP contribution in [0.5, 0.6) is 5.75 Å². The van der Waals surface area contributed by atoms with E-state index in [-0.39, 0.29) is 17.1 Å². The van der Waals surface area contributed by atoms with Crippen molar-refractivity contribution in [2.75, 3.05) is 30.0 Å². The molecule has 150 valence electrons. The first-order chi connectivity index (χ1) is 14.0. The molecule has 2 N–H and O–H groups in total. The minimum atomic E-state index is -0.569. The lowest BCUT2D eigenvalue weighted by Gasteiger charge is -2.10. The lowest BCUT2D eigenvalue weighted by atomic mass is 10.2. The van der Waals surface area contributed by atoms with Crippen molar-refractivity contribution < 1.29 is 14.5 Å². The predicted octanol–water partition coefficient (Wildman–Crippen LogP) is 3.71. The van der Waals surface area contributed by atoms with Gasteiger partial charge in [-0.3, -0.25) is 14.9 Å². The van der Waals surface area contributed by atoms with Crippen LogP contribution in [0.2, 0.25) is 0 Å². The van der Waals surface area contributed by atoms with Crippen LogP contribution in [-0.2, 0) is 4.79 Å². The van der Waals surface area contributed by atoms with Crippen LogP contribution in [0.1, 0.15) is 6.92 Å². The summed E-state index contributed by atoms with van der Waals surface area (Å²) in [6.07, 6.45) is 0. The van der Waals surface area contributed by atoms with Gasteiger partial charge in [-0.15, -0.1) is 0 Å². The SMILES string of the molecule is CCNc1nc(SCC(=O)Nc2ccc(OC)cc2[N+](=O)[O-])nc2ccccc12. The van der Waals surface area contributed by atoms with E-state index >= 15 is 0 Å². The van der Waals surface area contributed by atoms with Gasteiger partial charge in [0, 0.05) is 11.9 Å². The van der Waals surface area contributed by atoms with E-state index in [1.807, 2.05) is 31.2 Å². The number of anilines is 2. The Labute approximate surface area is 171 Å². The Morgan fingerprint density at radius 3 is 2.76 bits per heavy atom. The molecular formula is C19H19N5O4S. The van der Waals surface area contributed by atoms with Crippen molar-refractivity contribution in [3.05, 3.63) is 52.6 Å². The number of para-hydroxylation sites is 1. The lowest BCUT2D eigenvalue weighted by Crippen LogP contribution is -2.15. The van der Waals surface area contributed by atoms with Crippen molar-refractivity contribution in [2.24, 2.45) is 0 Å². The van der Waals surface area contributed by atoms with Crippen molar-refractivity contribution >= 4 is 45.8 Å². The van der Waals surface area contributed by atoms with Gasteiger partial charge in [0.05, 0.1) is 29.4 Å². The number of carbonyl (C=O) groups is 1. The van der Waals surface area contributed by atoms with E-state index in [0.29, 0.717) is 23.3 Å². The molecule has 1 amide bonds. The van der Waals surface area contributed by atoms with Crippen LogP contribution in [0.15, 0.2) is 47.6 Å². The quantitative estimate of drug-likeness (QED) is 0.248. The maximum absolute atomic E-state index is 12.3. The number of ether oxygens (including phenoxy) is 1. The van der Waals surface area contributed by atoms with Gasteiger partial charge in [0.1, 0.15) is 17.3 Å². The van der Waals surface area contributed by atoms with Gasteiger partial charge in [-0.25, -0.2) is 9.97 Å². The highest BCUT2D eigenvalue weighted by atomic mass is 32.2. The van der Waals surface area contributed by atoms with Gasteiger partial charge < -0.3 is 15.4 Å². The molecule has 0 radical (unpaired) electrons. The van der Waals surface area contributed by atoms with Crippen molar-refractivity contribution in [1.82, 2.24) is 9.97 Å². The molecule has 0 saturated heterocycles. The molecule has 9 nitrogen and oxygen atoms in total. The molecule has 1 aromatic heterocycles. The van der Waals surface area contributed by atoms with Crippen LogP contribution < -0.4 is 15.4 Å². The second-order valence-electron chi connectivity index (χ2n) is 5.88. The largest absolute Gasteiger partial charge is 0.496 e. The maximum Gasteiger partial charge on any atom is 0.296 e. The van der Waals surface area contributed by atoms with Crippen LogP contribution in [0.25, 0.3) is 10.9 Å². The molecule has 0 aliphatic carbocycles. The standard InChI is InChI=1S/C19H19N5O4S/c1-3-20-18-13-6-4-5-7-14(13)22-19(23-18)29-11-17(25)21-15-9-8-12(28-2)10-16(15)24(26)27/h4-10H,3,11H2,1-2H3,(H,21,25)(H,20,22,23). The van der Waals surface area contributed by atoms with E-state index in [1.54, 1.807) is 6.07 Å². The molecule has 0 atom stereocenters. The average molecular weight is 413 g/mol. The van der Waals surface area contributed by atoms with Crippen LogP contribution in [0, 0.1) is 10.1 Å². The third-order valence-electron chi connectivity index (χ3n) is 3.93. The van der Waals surface area contributed by atoms with Gasteiger partial charge in [-0.2, -0.15) is 0 Å². The molecule has 3 rings (SSSR count). The number of benzene rings is 2. The molecule has 1 heterocycles. The van der Waals surface area contributed by atoms with Gasteiger partial charge in [0.25, 0.3) is 5.69 Å². The number of thioether (sulfide) groups is 1. The molecule has 0 unspecified atom stereocenters. The molecule has 2 aromatic carbocycles. The first-order valence-electron chi connectivity index (χ1n) is 8.77. The predicted molar refractivity (Wildman–Crippen MR) is 113 cm³/mol. The number of rotatable bonds is 8. The Kier molecular flexibility index (Phi) is 6.45. The third-order valence-corrected chi connectivity index (χ3v) is 4.78. The fraction of sp³-hybridized carbons (Fsp3) is 0.211. The summed E-state index contributed by atoms with van der Waals surface area (Å²) in [6.45, 7) is 2.67. The molecule has 0 spiro atoms. The van der Waals surface area contributed by atoms with Gasteiger partial charge in [-0.05, 0) is 31.2 Å². The molecule has 0 aliphatic rings. The highest BCUT2D eigenvalue weighted by Crippen LogP contribution is 2.29. The Bertz CT molecular complexity index is 1060. The summed E-state index contributed by atoms with van der Waals surface area (Å²) in [4.78, 5) is 32.0. The van der Waals surface area contributed by atoms with Crippen molar-refractivity contribution in [3.63, 3.8) is 0 Å². The number of fused-ring (bicyclic) bond motifs is 1. The maximum atomic E-state index is 12.3. The van der Waals surface area contributed by atoms with Crippen LogP contribution in [0.4, 0.5) is 17.2 Å². The highest BCUT2D eigenvalue weighted by Gasteiger charge is 2.18. The van der Waals surface area contributed by atoms with E-state index in [0.717, 1.165) is 22.7 Å². The summed E-state index contributed by atoms with van der Waals surface area (Å²) >= 11 is 1.16. The van der Waals surface area contributed by atoms with E-state index in [9.17, 15) is 14.9 Å². The smallest absolute Gasteiger partial charge is 0.296 e. The first-order valence-corrected chi connectivity index (χ1v) is 9.76. The van der Waals surface area contributed by atoms with Crippen LogP contribution in [-0.4, -0.2) is 40.2 Å². The Balaban J connectivity index is 1.74. The van der Waals surface area contributed by atoms with Gasteiger partial charge in [0.15, 0.2) is 5.16 Å². The molecule has 0 fully saturated rings. The zero-order valence-electron chi connectivity index (χ0n) is 15.8. The number of nitro benzene ring substituents is 1. The molecule has 0 aliphatic heterocycles. The van der Waals surface area contributed by atoms with E-state index in [1.165, 1.54) is 19.2 Å². The van der Waals surface area contributed by atoms with Crippen LogP contribution >= 0.6 is 11.8 Å². The first kappa shape index (κ1) is 20.3. The number of methoxy groups -OCH3 is 1. The minimum absolute atomic E-state index is 0.00703. The number of aromatic nitrogens is 2. The van der Waals surface area contributed by atoms with Crippen LogP contribution in [0.3, 0.4) is 0 Å². The second kappa shape index (κ2) is 9.20. The summed E-state index contributed by atoms with van der Waals surface area (Å²) in [5, 5.41) is 18.3. The average Bonchev–Trinajstić information content (AvgIpc) is 2.72. The Morgan fingerprint density at radius 1 is 1.24 bits per heavy atom. The minimum Gasteiger partial charge on any atom is -0.496 e. The number of amides is 1. The number of hydrogen-bond acceptors (Lipinski definition) is 8. The molecule has 29 heavy (non-hydrogen) atoms. The molecule has 0 bridgehead atoms. The normalized spacial score (nSPS) is 10.6. The molecule has 3 aromatic rings. The molecule has 10 heteroatoms. The summed E-state index contributed by atoms with van der Waals surface area (Å²) < 4.78 is 4.99. The number of carbonyl (C=O) groups excluding carboxylic acids is 1. The zero-order valence-corrected chi connectivity index (χ0v) is 16.7. The summed E-state index contributed by atoms with van der Waals surface area (Å²) in [5.41, 5.74) is 0.639. The Morgan fingerprint density at radius 2 is 2.03 bits per heavy atom. The lowest BCUT2D eigenvalue weighted by molar-refractivity contribution is -0.384. The van der Waals surface area contributed by atoms with Crippen molar-refractivity contribution in [3.8, 4) is 5.75 Å². The van der Waals surface area contributed by atoms with Gasteiger partial charge in [0.2, 0.25) is 5.91 Å². The molecular weight excluding hydrogens is 394 g/mol. The van der Waals surface area contributed by atoms with Gasteiger partial charge in [-0.1, -0.05) is 23.9 Å². The van der Waals surface area contributed by atoms with Crippen molar-refractivity contribution in [1.29, 1.82) is 0 Å². The number of nitrogens with zero attached hydrogens (tertiary/aromatic N) is 3. The summed E-state index contributed by atoms with van der Waals surface area (Å²) in [6, 6.07) is 11.8. The van der Waals surface area contributed by atoms with E-state index in [4.69, 9.17) is 4.74 Å². The summed E-state index contributed by atoms with van der Waals surface area (Å²) in [7, 11) is 1.42. The fourth-order valence-electron chi connectivity index (χ4n) is 2.63. The number of hydrogen-bond donors (Lipinski definition) is 2. The monoisotopic (exact) mass is 413 g/mol. The summed E-state index contributed by atoms with van der Waals surface area (Å²) in [5.74, 6) is 0.647. The number of nitrogens with one attached hydrogen (secondary N) is 2.